The molecular formula is C16H11N. The van der Waals surface area contributed by atoms with E-state index in [-0.39, 0.29) is 0 Å². The number of hydrogen-bond donors (Lipinski definition) is 1. The van der Waals surface area contributed by atoms with Crippen LogP contribution < -0.4 is 5.32 Å². The van der Waals surface area contributed by atoms with E-state index in [4.69, 9.17) is 0 Å². The average Bonchev–Trinajstić information content (AvgIpc) is 2.39. The molecule has 0 atom stereocenters. The van der Waals surface area contributed by atoms with Crippen molar-refractivity contribution in [2.24, 2.45) is 0 Å². The van der Waals surface area contributed by atoms with Gasteiger partial charge in [-0.15, -0.1) is 0 Å². The van der Waals surface area contributed by atoms with Gasteiger partial charge in [-0.05, 0) is 23.1 Å². The molecule has 0 saturated heterocycles. The lowest BCUT2D eigenvalue weighted by atomic mass is 9.93. The van der Waals surface area contributed by atoms with Crippen LogP contribution in [0.25, 0.3) is 21.9 Å². The number of hydrogen-bond acceptors (Lipinski definition) is 1. The van der Waals surface area contributed by atoms with Crippen LogP contribution in [0.1, 0.15) is 0 Å². The van der Waals surface area contributed by atoms with Crippen LogP contribution in [0.15, 0.2) is 60.7 Å². The highest BCUT2D eigenvalue weighted by Crippen LogP contribution is 2.42. The van der Waals surface area contributed by atoms with Crippen LogP contribution >= 0.6 is 0 Å². The lowest BCUT2D eigenvalue weighted by molar-refractivity contribution is 1.53. The van der Waals surface area contributed by atoms with E-state index in [0.717, 1.165) is 0 Å². The highest BCUT2D eigenvalue weighted by molar-refractivity contribution is 6.11. The second kappa shape index (κ2) is 3.11. The number of para-hydroxylation sites is 1. The van der Waals surface area contributed by atoms with Crippen LogP contribution in [-0.2, 0) is 0 Å². The third kappa shape index (κ3) is 1.14. The van der Waals surface area contributed by atoms with E-state index < -0.39 is 0 Å². The maximum absolute atomic E-state index is 3.50. The zero-order valence-corrected chi connectivity index (χ0v) is 9.27. The van der Waals surface area contributed by atoms with Gasteiger partial charge in [0.2, 0.25) is 0 Å². The molecule has 1 nitrogen and oxygen atoms in total. The van der Waals surface area contributed by atoms with Crippen molar-refractivity contribution < 1.29 is 0 Å². The van der Waals surface area contributed by atoms with Gasteiger partial charge in [-0.25, -0.2) is 0 Å². The van der Waals surface area contributed by atoms with E-state index >= 15 is 0 Å². The number of rotatable bonds is 0. The summed E-state index contributed by atoms with van der Waals surface area (Å²) in [5.74, 6) is 0. The van der Waals surface area contributed by atoms with Crippen LogP contribution in [-0.4, -0.2) is 0 Å². The summed E-state index contributed by atoms with van der Waals surface area (Å²) < 4.78 is 0. The molecule has 17 heavy (non-hydrogen) atoms. The molecule has 0 radical (unpaired) electrons. The summed E-state index contributed by atoms with van der Waals surface area (Å²) in [5, 5.41) is 6.13. The standard InChI is InChI=1S/C16H11N/c1-2-9-14-12(7-1)13-8-3-5-11-6-4-10-15(17-14)16(11)13/h1-10,17H. The fraction of sp³-hybridized carbons (Fsp3) is 0. The molecule has 1 aliphatic heterocycles. The van der Waals surface area contributed by atoms with E-state index in [1.54, 1.807) is 0 Å². The summed E-state index contributed by atoms with van der Waals surface area (Å²) in [7, 11) is 0. The SMILES string of the molecule is c1ccc2c(c1)Nc1cccc3cccc-2c13. The van der Waals surface area contributed by atoms with Gasteiger partial charge >= 0.3 is 0 Å². The molecule has 1 heterocycles. The Balaban J connectivity index is 2.22. The summed E-state index contributed by atoms with van der Waals surface area (Å²) in [6.45, 7) is 0. The number of fused-ring (bicyclic) bond motifs is 2. The molecule has 4 rings (SSSR count). The highest BCUT2D eigenvalue weighted by Gasteiger charge is 2.16. The van der Waals surface area contributed by atoms with Crippen LogP contribution in [0.2, 0.25) is 0 Å². The Labute approximate surface area is 99.7 Å². The number of nitrogens with one attached hydrogen (secondary N) is 1. The van der Waals surface area contributed by atoms with Crippen LogP contribution in [0.4, 0.5) is 11.4 Å². The molecule has 1 N–H and O–H groups in total. The molecular weight excluding hydrogens is 206 g/mol. The normalized spacial score (nSPS) is 12.0. The first-order chi connectivity index (χ1) is 8.43. The molecule has 0 saturated carbocycles. The first-order valence-electron chi connectivity index (χ1n) is 5.82. The molecule has 0 spiro atoms. The van der Waals surface area contributed by atoms with Crippen LogP contribution in [0.5, 0.6) is 0 Å². The van der Waals surface area contributed by atoms with E-state index in [1.165, 1.54) is 33.3 Å². The second-order valence-electron chi connectivity index (χ2n) is 4.38. The van der Waals surface area contributed by atoms with E-state index in [2.05, 4.69) is 66.0 Å². The Kier molecular flexibility index (Phi) is 1.61. The predicted molar refractivity (Wildman–Crippen MR) is 72.7 cm³/mol. The van der Waals surface area contributed by atoms with Gasteiger partial charge in [0.1, 0.15) is 0 Å². The van der Waals surface area contributed by atoms with Crippen molar-refractivity contribution in [2.75, 3.05) is 5.32 Å². The highest BCUT2D eigenvalue weighted by atomic mass is 14.9. The maximum atomic E-state index is 3.50. The van der Waals surface area contributed by atoms with Crippen molar-refractivity contribution in [3.05, 3.63) is 60.7 Å². The smallest absolute Gasteiger partial charge is 0.0470 e. The third-order valence-corrected chi connectivity index (χ3v) is 3.39. The molecule has 0 amide bonds. The summed E-state index contributed by atoms with van der Waals surface area (Å²) in [6.07, 6.45) is 0. The van der Waals surface area contributed by atoms with Gasteiger partial charge in [-0.1, -0.05) is 48.5 Å². The monoisotopic (exact) mass is 217 g/mol. The lowest BCUT2D eigenvalue weighted by Gasteiger charge is -2.21. The molecule has 0 aromatic heterocycles. The van der Waals surface area contributed by atoms with Crippen molar-refractivity contribution in [2.45, 2.75) is 0 Å². The zero-order valence-electron chi connectivity index (χ0n) is 9.27. The van der Waals surface area contributed by atoms with Crippen LogP contribution in [0.3, 0.4) is 0 Å². The van der Waals surface area contributed by atoms with Gasteiger partial charge in [-0.3, -0.25) is 0 Å². The number of anilines is 2. The Hall–Kier alpha value is -2.28. The van der Waals surface area contributed by atoms with Gasteiger partial charge in [0.25, 0.3) is 0 Å². The van der Waals surface area contributed by atoms with Gasteiger partial charge in [-0.2, -0.15) is 0 Å². The third-order valence-electron chi connectivity index (χ3n) is 3.39. The first kappa shape index (κ1) is 8.82. The van der Waals surface area contributed by atoms with Crippen molar-refractivity contribution in [3.63, 3.8) is 0 Å². The molecule has 80 valence electrons. The summed E-state index contributed by atoms with van der Waals surface area (Å²) in [4.78, 5) is 0. The van der Waals surface area contributed by atoms with E-state index in [9.17, 15) is 0 Å². The minimum absolute atomic E-state index is 1.19. The average molecular weight is 217 g/mol. The van der Waals surface area contributed by atoms with Gasteiger partial charge in [0.05, 0.1) is 0 Å². The zero-order chi connectivity index (χ0) is 11.2. The topological polar surface area (TPSA) is 12.0 Å². The molecule has 1 aliphatic rings. The largest absolute Gasteiger partial charge is 0.354 e. The quantitative estimate of drug-likeness (QED) is 0.455. The van der Waals surface area contributed by atoms with Gasteiger partial charge < -0.3 is 5.32 Å². The predicted octanol–water partition coefficient (Wildman–Crippen LogP) is 4.56. The minimum Gasteiger partial charge on any atom is -0.354 e. The van der Waals surface area contributed by atoms with Crippen molar-refractivity contribution in [3.8, 4) is 11.1 Å². The Morgan fingerprint density at radius 1 is 0.588 bits per heavy atom. The summed E-state index contributed by atoms with van der Waals surface area (Å²) in [5.41, 5.74) is 5.01. The first-order valence-corrected chi connectivity index (χ1v) is 5.82. The number of benzene rings is 3. The Bertz CT molecular complexity index is 723. The molecule has 1 heteroatoms. The fourth-order valence-corrected chi connectivity index (χ4v) is 2.64. The second-order valence-corrected chi connectivity index (χ2v) is 4.38. The van der Waals surface area contributed by atoms with Crippen LogP contribution in [0, 0.1) is 0 Å². The molecule has 0 bridgehead atoms. The Morgan fingerprint density at radius 3 is 2.24 bits per heavy atom. The van der Waals surface area contributed by atoms with Crippen molar-refractivity contribution in [1.29, 1.82) is 0 Å². The summed E-state index contributed by atoms with van der Waals surface area (Å²) >= 11 is 0. The van der Waals surface area contributed by atoms with Crippen molar-refractivity contribution in [1.82, 2.24) is 0 Å². The lowest BCUT2D eigenvalue weighted by Crippen LogP contribution is -2.00. The van der Waals surface area contributed by atoms with E-state index in [1.807, 2.05) is 0 Å². The Morgan fingerprint density at radius 2 is 1.29 bits per heavy atom. The molecule has 0 unspecified atom stereocenters. The maximum Gasteiger partial charge on any atom is 0.0470 e. The molecule has 3 aromatic carbocycles. The fourth-order valence-electron chi connectivity index (χ4n) is 2.64. The molecule has 3 aromatic rings. The van der Waals surface area contributed by atoms with Gasteiger partial charge in [0, 0.05) is 22.3 Å². The minimum atomic E-state index is 1.19. The summed E-state index contributed by atoms with van der Waals surface area (Å²) in [6, 6.07) is 21.4. The van der Waals surface area contributed by atoms with Gasteiger partial charge in [0.15, 0.2) is 0 Å². The molecule has 0 fully saturated rings. The molecule has 0 aliphatic carbocycles. The van der Waals surface area contributed by atoms with E-state index in [0.29, 0.717) is 0 Å². The van der Waals surface area contributed by atoms with Crippen molar-refractivity contribution >= 4 is 22.1 Å².